The van der Waals surface area contributed by atoms with E-state index in [1.54, 1.807) is 6.92 Å². The quantitative estimate of drug-likeness (QED) is 0.343. The Morgan fingerprint density at radius 3 is 2.73 bits per heavy atom. The number of H-pyrrole nitrogens is 1. The van der Waals surface area contributed by atoms with Gasteiger partial charge < -0.3 is 14.5 Å². The second-order valence-corrected chi connectivity index (χ2v) is 6.44. The van der Waals surface area contributed by atoms with E-state index in [9.17, 15) is 4.79 Å². The van der Waals surface area contributed by atoms with Gasteiger partial charge in [0.15, 0.2) is 5.75 Å². The van der Waals surface area contributed by atoms with Gasteiger partial charge in [0.25, 0.3) is 0 Å². The van der Waals surface area contributed by atoms with E-state index in [-0.39, 0.29) is 6.61 Å². The summed E-state index contributed by atoms with van der Waals surface area (Å²) in [6.07, 6.45) is 0.0720. The Kier molecular flexibility index (Phi) is 3.25. The fourth-order valence-corrected chi connectivity index (χ4v) is 3.88. The predicted octanol–water partition coefficient (Wildman–Crippen LogP) is 5.43. The lowest BCUT2D eigenvalue weighted by atomic mass is 10.0. The summed E-state index contributed by atoms with van der Waals surface area (Å²) < 4.78 is 10.7. The molecule has 0 saturated heterocycles. The number of hydrogen-bond acceptors (Lipinski definition) is 3. The Hall–Kier alpha value is -3.27. The highest BCUT2D eigenvalue weighted by atomic mass is 16.7. The molecule has 4 aromatic rings. The van der Waals surface area contributed by atoms with Gasteiger partial charge in [-0.25, -0.2) is 4.79 Å². The first kappa shape index (κ1) is 15.0. The average Bonchev–Trinajstić information content (AvgIpc) is 3.21. The van der Waals surface area contributed by atoms with Crippen molar-refractivity contribution in [3.63, 3.8) is 0 Å². The van der Waals surface area contributed by atoms with Gasteiger partial charge in [-0.15, -0.1) is 0 Å². The number of hydrogen-bond donors (Lipinski definition) is 1. The smallest absolute Gasteiger partial charge is 0.434 e. The Bertz CT molecular complexity index is 1170. The molecule has 0 atom stereocenters. The maximum atomic E-state index is 12.1. The van der Waals surface area contributed by atoms with E-state index in [0.717, 1.165) is 39.4 Å². The Morgan fingerprint density at radius 2 is 1.85 bits per heavy atom. The van der Waals surface area contributed by atoms with Crippen LogP contribution in [0.4, 0.5) is 4.79 Å². The SMILES string of the molecule is CCOC(=O)Oc1c2c(cc3c1[nH]c1ccccc13)-c1ccccc1C2. The summed E-state index contributed by atoms with van der Waals surface area (Å²) >= 11 is 0. The standard InChI is InChI=1S/C22H17NO3/c1-2-25-22(24)26-21-18-11-13-7-3-4-8-14(13)16(18)12-17-15-9-5-6-10-19(15)23-20(17)21/h3-10,12,23H,2,11H2,1H3. The first-order chi connectivity index (χ1) is 12.8. The molecule has 128 valence electrons. The molecule has 0 saturated carbocycles. The third kappa shape index (κ3) is 2.12. The summed E-state index contributed by atoms with van der Waals surface area (Å²) in [6, 6.07) is 18.6. The molecule has 0 spiro atoms. The van der Waals surface area contributed by atoms with Gasteiger partial charge in [-0.05, 0) is 35.7 Å². The molecule has 0 radical (unpaired) electrons. The van der Waals surface area contributed by atoms with Crippen molar-refractivity contribution in [2.75, 3.05) is 6.61 Å². The Labute approximate surface area is 150 Å². The number of rotatable bonds is 2. The predicted molar refractivity (Wildman–Crippen MR) is 102 cm³/mol. The van der Waals surface area contributed by atoms with Gasteiger partial charge in [0.1, 0.15) is 0 Å². The van der Waals surface area contributed by atoms with Crippen LogP contribution < -0.4 is 4.74 Å². The third-order valence-electron chi connectivity index (χ3n) is 4.98. The van der Waals surface area contributed by atoms with Crippen molar-refractivity contribution in [3.8, 4) is 16.9 Å². The van der Waals surface area contributed by atoms with Crippen molar-refractivity contribution in [2.45, 2.75) is 13.3 Å². The van der Waals surface area contributed by atoms with Crippen molar-refractivity contribution in [2.24, 2.45) is 0 Å². The average molecular weight is 343 g/mol. The van der Waals surface area contributed by atoms with Gasteiger partial charge in [-0.3, -0.25) is 0 Å². The summed E-state index contributed by atoms with van der Waals surface area (Å²) in [5, 5.41) is 2.17. The summed E-state index contributed by atoms with van der Waals surface area (Å²) in [7, 11) is 0. The molecule has 0 amide bonds. The molecule has 3 aromatic carbocycles. The first-order valence-corrected chi connectivity index (χ1v) is 8.75. The molecule has 4 nitrogen and oxygen atoms in total. The van der Waals surface area contributed by atoms with Crippen LogP contribution in [0.25, 0.3) is 32.9 Å². The molecule has 0 fully saturated rings. The van der Waals surface area contributed by atoms with Crippen LogP contribution in [0.5, 0.6) is 5.75 Å². The van der Waals surface area contributed by atoms with E-state index in [1.165, 1.54) is 11.1 Å². The van der Waals surface area contributed by atoms with Crippen molar-refractivity contribution in [3.05, 3.63) is 65.7 Å². The zero-order valence-corrected chi connectivity index (χ0v) is 14.3. The maximum Gasteiger partial charge on any atom is 0.513 e. The van der Waals surface area contributed by atoms with Crippen LogP contribution in [0, 0.1) is 0 Å². The van der Waals surface area contributed by atoms with E-state index >= 15 is 0 Å². The van der Waals surface area contributed by atoms with Crippen molar-refractivity contribution >= 4 is 28.0 Å². The monoisotopic (exact) mass is 343 g/mol. The lowest BCUT2D eigenvalue weighted by molar-refractivity contribution is 0.104. The van der Waals surface area contributed by atoms with Gasteiger partial charge >= 0.3 is 6.16 Å². The van der Waals surface area contributed by atoms with Crippen LogP contribution in [0.2, 0.25) is 0 Å². The summed E-state index contributed by atoms with van der Waals surface area (Å²) in [5.41, 5.74) is 6.45. The largest absolute Gasteiger partial charge is 0.513 e. The summed E-state index contributed by atoms with van der Waals surface area (Å²) in [6.45, 7) is 2.05. The second kappa shape index (κ2) is 5.63. The molecule has 0 aliphatic heterocycles. The molecular formula is C22H17NO3. The molecular weight excluding hydrogens is 326 g/mol. The first-order valence-electron chi connectivity index (χ1n) is 8.75. The topological polar surface area (TPSA) is 51.3 Å². The number of carbonyl (C=O) groups is 1. The fourth-order valence-electron chi connectivity index (χ4n) is 3.88. The summed E-state index contributed by atoms with van der Waals surface area (Å²) in [4.78, 5) is 15.5. The molecule has 1 N–H and O–H groups in total. The number of benzene rings is 3. The van der Waals surface area contributed by atoms with Crippen LogP contribution in [0.3, 0.4) is 0 Å². The number of fused-ring (bicyclic) bond motifs is 6. The molecule has 1 heterocycles. The normalized spacial score (nSPS) is 12.2. The lowest BCUT2D eigenvalue weighted by Crippen LogP contribution is -2.11. The highest BCUT2D eigenvalue weighted by Gasteiger charge is 2.27. The maximum absolute atomic E-state index is 12.1. The number of ether oxygens (including phenoxy) is 2. The number of aromatic amines is 1. The minimum Gasteiger partial charge on any atom is -0.434 e. The zero-order valence-electron chi connectivity index (χ0n) is 14.3. The Morgan fingerprint density at radius 1 is 1.04 bits per heavy atom. The lowest BCUT2D eigenvalue weighted by Gasteiger charge is -2.11. The second-order valence-electron chi connectivity index (χ2n) is 6.44. The number of nitrogens with one attached hydrogen (secondary N) is 1. The van der Waals surface area contributed by atoms with Gasteiger partial charge in [-0.2, -0.15) is 0 Å². The minimum atomic E-state index is -0.670. The van der Waals surface area contributed by atoms with Crippen molar-refractivity contribution in [1.82, 2.24) is 4.98 Å². The minimum absolute atomic E-state index is 0.282. The van der Waals surface area contributed by atoms with Gasteiger partial charge in [0.2, 0.25) is 0 Å². The fraction of sp³-hybridized carbons (Fsp3) is 0.136. The van der Waals surface area contributed by atoms with Crippen molar-refractivity contribution in [1.29, 1.82) is 0 Å². The van der Waals surface area contributed by atoms with E-state index in [2.05, 4.69) is 29.2 Å². The van der Waals surface area contributed by atoms with E-state index in [1.807, 2.05) is 30.3 Å². The summed E-state index contributed by atoms with van der Waals surface area (Å²) in [5.74, 6) is 0.573. The third-order valence-corrected chi connectivity index (χ3v) is 4.98. The number of carbonyl (C=O) groups excluding carboxylic acids is 1. The highest BCUT2D eigenvalue weighted by molar-refractivity contribution is 6.12. The Balaban J connectivity index is 1.82. The molecule has 1 aliphatic carbocycles. The van der Waals surface area contributed by atoms with E-state index in [4.69, 9.17) is 9.47 Å². The zero-order chi connectivity index (χ0) is 17.7. The molecule has 1 aromatic heterocycles. The number of aromatic nitrogens is 1. The molecule has 5 rings (SSSR count). The van der Waals surface area contributed by atoms with Gasteiger partial charge in [-0.1, -0.05) is 42.5 Å². The number of para-hydroxylation sites is 1. The highest BCUT2D eigenvalue weighted by Crippen LogP contribution is 2.46. The van der Waals surface area contributed by atoms with Crippen molar-refractivity contribution < 1.29 is 14.3 Å². The molecule has 0 bridgehead atoms. The van der Waals surface area contributed by atoms with Crippen LogP contribution >= 0.6 is 0 Å². The van der Waals surface area contributed by atoms with Crippen LogP contribution in [0.1, 0.15) is 18.1 Å². The van der Waals surface area contributed by atoms with E-state index in [0.29, 0.717) is 5.75 Å². The van der Waals surface area contributed by atoms with Gasteiger partial charge in [0, 0.05) is 28.3 Å². The molecule has 4 heteroatoms. The van der Waals surface area contributed by atoms with Crippen LogP contribution in [-0.4, -0.2) is 17.7 Å². The van der Waals surface area contributed by atoms with Crippen LogP contribution in [0.15, 0.2) is 54.6 Å². The van der Waals surface area contributed by atoms with Crippen LogP contribution in [-0.2, 0) is 11.2 Å². The van der Waals surface area contributed by atoms with E-state index < -0.39 is 6.16 Å². The molecule has 0 unspecified atom stereocenters. The molecule has 26 heavy (non-hydrogen) atoms. The molecule has 1 aliphatic rings. The van der Waals surface area contributed by atoms with Gasteiger partial charge in [0.05, 0.1) is 12.1 Å².